The highest BCUT2D eigenvalue weighted by molar-refractivity contribution is 6.09. The van der Waals surface area contributed by atoms with E-state index in [-0.39, 0.29) is 11.9 Å². The number of nitrogens with zero attached hydrogens (tertiary/aromatic N) is 3. The smallest absolute Gasteiger partial charge is 0.270 e. The number of piperazine rings is 1. The first-order chi connectivity index (χ1) is 10.8. The third-order valence-electron chi connectivity index (χ3n) is 4.07. The average Bonchev–Trinajstić information content (AvgIpc) is 3.00. The van der Waals surface area contributed by atoms with Crippen molar-refractivity contribution in [1.82, 2.24) is 15.3 Å². The van der Waals surface area contributed by atoms with Gasteiger partial charge in [-0.2, -0.15) is 0 Å². The van der Waals surface area contributed by atoms with Crippen LogP contribution in [-0.4, -0.2) is 48.1 Å². The van der Waals surface area contributed by atoms with Gasteiger partial charge in [0.15, 0.2) is 0 Å². The number of hydrogen-bond donors (Lipinski definition) is 1. The maximum absolute atomic E-state index is 12.2. The van der Waals surface area contributed by atoms with Crippen molar-refractivity contribution in [1.29, 1.82) is 0 Å². The summed E-state index contributed by atoms with van der Waals surface area (Å²) >= 11 is 0. The van der Waals surface area contributed by atoms with Gasteiger partial charge in [0, 0.05) is 0 Å². The van der Waals surface area contributed by atoms with Crippen LogP contribution in [0.4, 0.5) is 0 Å². The minimum Gasteiger partial charge on any atom is -0.337 e. The largest absolute Gasteiger partial charge is 0.337 e. The van der Waals surface area contributed by atoms with E-state index in [2.05, 4.69) is 23.5 Å². The standard InChI is InChI=1S/C16H16N4O2/c1-22-19-9-14-16(21)18-13-7-12(11-5-3-2-4-6-11)8-17-15(13)20(14)10-19/h2-7,9,13H,8,10H2,1H3,(H,18,21). The summed E-state index contributed by atoms with van der Waals surface area (Å²) in [4.78, 5) is 24.0. The summed E-state index contributed by atoms with van der Waals surface area (Å²) in [6, 6.07) is 9.94. The molecule has 0 saturated carbocycles. The first-order valence-corrected chi connectivity index (χ1v) is 7.17. The number of fused-ring (bicyclic) bond motifs is 3. The molecule has 112 valence electrons. The Balaban J connectivity index is 1.64. The first kappa shape index (κ1) is 13.1. The van der Waals surface area contributed by atoms with Gasteiger partial charge in [-0.1, -0.05) is 30.3 Å². The number of nitrogens with one attached hydrogen (secondary N) is 1. The molecule has 1 N–H and O–H groups in total. The number of benzene rings is 1. The molecule has 0 radical (unpaired) electrons. The molecule has 1 amide bonds. The number of amidine groups is 1. The zero-order valence-electron chi connectivity index (χ0n) is 12.2. The molecule has 0 aromatic heterocycles. The highest BCUT2D eigenvalue weighted by Crippen LogP contribution is 2.27. The summed E-state index contributed by atoms with van der Waals surface area (Å²) in [7, 11) is 1.58. The van der Waals surface area contributed by atoms with E-state index < -0.39 is 0 Å². The van der Waals surface area contributed by atoms with E-state index in [1.807, 2.05) is 23.1 Å². The molecule has 0 aliphatic carbocycles. The Bertz CT molecular complexity index is 708. The molecule has 3 aliphatic heterocycles. The Hall–Kier alpha value is -2.60. The fourth-order valence-electron chi connectivity index (χ4n) is 2.96. The Morgan fingerprint density at radius 2 is 2.14 bits per heavy atom. The molecule has 6 nitrogen and oxygen atoms in total. The average molecular weight is 296 g/mol. The Morgan fingerprint density at radius 1 is 1.32 bits per heavy atom. The van der Waals surface area contributed by atoms with Crippen molar-refractivity contribution in [2.24, 2.45) is 4.99 Å². The summed E-state index contributed by atoms with van der Waals surface area (Å²) in [6.45, 7) is 1.10. The Morgan fingerprint density at radius 3 is 2.91 bits per heavy atom. The first-order valence-electron chi connectivity index (χ1n) is 7.17. The van der Waals surface area contributed by atoms with E-state index in [4.69, 9.17) is 9.83 Å². The van der Waals surface area contributed by atoms with Crippen LogP contribution in [-0.2, 0) is 9.63 Å². The number of dihydropyridines is 1. The Labute approximate surface area is 128 Å². The molecular formula is C16H16N4O2. The number of carbonyl (C=O) groups excluding carboxylic acids is 1. The van der Waals surface area contributed by atoms with Crippen LogP contribution in [0.1, 0.15) is 5.56 Å². The fourth-order valence-corrected chi connectivity index (χ4v) is 2.96. The lowest BCUT2D eigenvalue weighted by Crippen LogP contribution is -2.56. The molecule has 3 heterocycles. The zero-order valence-corrected chi connectivity index (χ0v) is 12.2. The number of rotatable bonds is 2. The van der Waals surface area contributed by atoms with Gasteiger partial charge in [-0.3, -0.25) is 14.6 Å². The van der Waals surface area contributed by atoms with Gasteiger partial charge in [-0.15, -0.1) is 0 Å². The maximum Gasteiger partial charge on any atom is 0.270 e. The number of carbonyl (C=O) groups is 1. The third-order valence-corrected chi connectivity index (χ3v) is 4.07. The normalized spacial score (nSPS) is 23.2. The van der Waals surface area contributed by atoms with Crippen LogP contribution in [0.2, 0.25) is 0 Å². The second-order valence-corrected chi connectivity index (χ2v) is 5.37. The van der Waals surface area contributed by atoms with E-state index in [1.165, 1.54) is 0 Å². The predicted octanol–water partition coefficient (Wildman–Crippen LogP) is 0.958. The molecule has 22 heavy (non-hydrogen) atoms. The van der Waals surface area contributed by atoms with Crippen LogP contribution in [0.25, 0.3) is 5.57 Å². The summed E-state index contributed by atoms with van der Waals surface area (Å²) < 4.78 is 0. The van der Waals surface area contributed by atoms with Crippen LogP contribution in [0, 0.1) is 0 Å². The third kappa shape index (κ3) is 2.00. The van der Waals surface area contributed by atoms with Gasteiger partial charge >= 0.3 is 0 Å². The van der Waals surface area contributed by atoms with Crippen LogP contribution in [0.5, 0.6) is 0 Å². The minimum absolute atomic E-state index is 0.103. The quantitative estimate of drug-likeness (QED) is 0.883. The highest BCUT2D eigenvalue weighted by atomic mass is 16.7. The van der Waals surface area contributed by atoms with Gasteiger partial charge in [-0.05, 0) is 17.2 Å². The molecule has 0 bridgehead atoms. The van der Waals surface area contributed by atoms with Crippen LogP contribution >= 0.6 is 0 Å². The van der Waals surface area contributed by atoms with Crippen molar-refractivity contribution in [3.05, 3.63) is 53.9 Å². The SMILES string of the molecule is CON1C=C2C(=O)NC3C=C(c4ccccc4)CN=C3N2C1. The summed E-state index contributed by atoms with van der Waals surface area (Å²) in [5.41, 5.74) is 2.85. The summed E-state index contributed by atoms with van der Waals surface area (Å²) in [6.07, 6.45) is 3.78. The molecule has 4 rings (SSSR count). The highest BCUT2D eigenvalue weighted by Gasteiger charge is 2.39. The molecule has 1 aromatic carbocycles. The lowest BCUT2D eigenvalue weighted by molar-refractivity contribution is -0.119. The zero-order chi connectivity index (χ0) is 15.1. The maximum atomic E-state index is 12.2. The van der Waals surface area contributed by atoms with Crippen molar-refractivity contribution >= 4 is 17.3 Å². The van der Waals surface area contributed by atoms with Crippen molar-refractivity contribution in [2.45, 2.75) is 6.04 Å². The van der Waals surface area contributed by atoms with Gasteiger partial charge in [-0.25, -0.2) is 5.06 Å². The van der Waals surface area contributed by atoms with E-state index in [1.54, 1.807) is 18.4 Å². The molecule has 0 spiro atoms. The predicted molar refractivity (Wildman–Crippen MR) is 82.3 cm³/mol. The second kappa shape index (κ2) is 4.99. The lowest BCUT2D eigenvalue weighted by atomic mass is 9.99. The lowest BCUT2D eigenvalue weighted by Gasteiger charge is -2.35. The van der Waals surface area contributed by atoms with E-state index >= 15 is 0 Å². The summed E-state index contributed by atoms with van der Waals surface area (Å²) in [5.74, 6) is 0.763. The molecule has 1 aromatic rings. The van der Waals surface area contributed by atoms with E-state index in [0.29, 0.717) is 18.9 Å². The molecule has 1 fully saturated rings. The van der Waals surface area contributed by atoms with Crippen molar-refractivity contribution in [3.63, 3.8) is 0 Å². The van der Waals surface area contributed by atoms with Crippen molar-refractivity contribution < 1.29 is 9.63 Å². The van der Waals surface area contributed by atoms with Crippen LogP contribution in [0.15, 0.2) is 53.3 Å². The fraction of sp³-hybridized carbons (Fsp3) is 0.250. The van der Waals surface area contributed by atoms with Gasteiger partial charge < -0.3 is 10.2 Å². The number of amides is 1. The number of hydroxylamine groups is 2. The molecule has 3 aliphatic rings. The number of hydrogen-bond acceptors (Lipinski definition) is 5. The molecule has 1 saturated heterocycles. The molecule has 1 unspecified atom stereocenters. The minimum atomic E-state index is -0.189. The van der Waals surface area contributed by atoms with Crippen LogP contribution < -0.4 is 5.32 Å². The monoisotopic (exact) mass is 296 g/mol. The van der Waals surface area contributed by atoms with Crippen molar-refractivity contribution in [2.75, 3.05) is 20.3 Å². The van der Waals surface area contributed by atoms with Crippen molar-refractivity contribution in [3.8, 4) is 0 Å². The van der Waals surface area contributed by atoms with Gasteiger partial charge in [0.2, 0.25) is 0 Å². The number of aliphatic imine (C=N–C) groups is 1. The molecular weight excluding hydrogens is 280 g/mol. The topological polar surface area (TPSA) is 57.2 Å². The van der Waals surface area contributed by atoms with E-state index in [9.17, 15) is 4.79 Å². The molecule has 6 heteroatoms. The van der Waals surface area contributed by atoms with E-state index in [0.717, 1.165) is 17.0 Å². The van der Waals surface area contributed by atoms with Gasteiger partial charge in [0.25, 0.3) is 5.91 Å². The summed E-state index contributed by atoms with van der Waals surface area (Å²) in [5, 5.41) is 4.62. The van der Waals surface area contributed by atoms with Gasteiger partial charge in [0.05, 0.1) is 19.9 Å². The van der Waals surface area contributed by atoms with Crippen LogP contribution in [0.3, 0.4) is 0 Å². The Kier molecular flexibility index (Phi) is 2.97. The van der Waals surface area contributed by atoms with Gasteiger partial charge in [0.1, 0.15) is 24.2 Å². The second-order valence-electron chi connectivity index (χ2n) is 5.37. The molecule has 1 atom stereocenters.